The van der Waals surface area contributed by atoms with Crippen LogP contribution >= 0.6 is 11.8 Å². The third-order valence-corrected chi connectivity index (χ3v) is 2.61. The summed E-state index contributed by atoms with van der Waals surface area (Å²) < 4.78 is 0. The van der Waals surface area contributed by atoms with Crippen LogP contribution in [0.2, 0.25) is 0 Å². The number of hydrogen-bond acceptors (Lipinski definition) is 2. The second-order valence-corrected chi connectivity index (χ2v) is 3.47. The highest BCUT2D eigenvalue weighted by atomic mass is 32.2. The molecule has 0 amide bonds. The van der Waals surface area contributed by atoms with Crippen molar-refractivity contribution in [3.05, 3.63) is 24.4 Å². The molecule has 1 heterocycles. The summed E-state index contributed by atoms with van der Waals surface area (Å²) in [7, 11) is 0. The van der Waals surface area contributed by atoms with Crippen molar-refractivity contribution in [2.24, 2.45) is 0 Å². The second-order valence-electron chi connectivity index (χ2n) is 2.59. The molecular formula is C9H9NOS. The molecule has 0 aliphatic heterocycles. The topological polar surface area (TPSA) is 36.0 Å². The van der Waals surface area contributed by atoms with Crippen LogP contribution in [-0.2, 0) is 0 Å². The third-order valence-electron chi connectivity index (χ3n) is 1.88. The predicted octanol–water partition coefficient (Wildman–Crippen LogP) is 2.60. The first kappa shape index (κ1) is 7.55. The Balaban J connectivity index is 2.71. The quantitative estimate of drug-likeness (QED) is 0.660. The number of fused-ring (bicyclic) bond motifs is 1. The van der Waals surface area contributed by atoms with E-state index in [0.29, 0.717) is 0 Å². The molecule has 0 aliphatic carbocycles. The average Bonchev–Trinajstić information content (AvgIpc) is 2.47. The summed E-state index contributed by atoms with van der Waals surface area (Å²) in [6.07, 6.45) is 3.82. The summed E-state index contributed by atoms with van der Waals surface area (Å²) in [5, 5.41) is 11.3. The van der Waals surface area contributed by atoms with E-state index < -0.39 is 0 Å². The first-order valence-electron chi connectivity index (χ1n) is 3.65. The van der Waals surface area contributed by atoms with Crippen molar-refractivity contribution < 1.29 is 5.11 Å². The standard InChI is InChI=1S/C9H9NOS/c1-12-7-3-2-6-5-10-9(11)8(6)4-7/h2-5,10-11H,1H3. The van der Waals surface area contributed by atoms with Crippen LogP contribution in [0.1, 0.15) is 0 Å². The monoisotopic (exact) mass is 179 g/mol. The molecule has 0 fully saturated rings. The maximum Gasteiger partial charge on any atom is 0.196 e. The van der Waals surface area contributed by atoms with Gasteiger partial charge in [0.1, 0.15) is 0 Å². The van der Waals surface area contributed by atoms with Crippen LogP contribution in [0.5, 0.6) is 5.88 Å². The van der Waals surface area contributed by atoms with Crippen molar-refractivity contribution in [2.75, 3.05) is 6.26 Å². The maximum atomic E-state index is 9.37. The van der Waals surface area contributed by atoms with Crippen molar-refractivity contribution in [1.82, 2.24) is 4.98 Å². The van der Waals surface area contributed by atoms with Gasteiger partial charge in [-0.3, -0.25) is 0 Å². The molecule has 2 aromatic rings. The van der Waals surface area contributed by atoms with Crippen LogP contribution in [0.25, 0.3) is 10.8 Å². The maximum absolute atomic E-state index is 9.37. The van der Waals surface area contributed by atoms with Crippen LogP contribution in [0.15, 0.2) is 29.3 Å². The molecule has 12 heavy (non-hydrogen) atoms. The van der Waals surface area contributed by atoms with Gasteiger partial charge in [-0.2, -0.15) is 0 Å². The van der Waals surface area contributed by atoms with E-state index in [4.69, 9.17) is 0 Å². The molecule has 0 radical (unpaired) electrons. The van der Waals surface area contributed by atoms with Gasteiger partial charge in [-0.05, 0) is 18.4 Å². The highest BCUT2D eigenvalue weighted by Crippen LogP contribution is 2.27. The zero-order valence-corrected chi connectivity index (χ0v) is 7.48. The molecule has 2 N–H and O–H groups in total. The molecule has 1 aromatic carbocycles. The molecule has 2 rings (SSSR count). The predicted molar refractivity (Wildman–Crippen MR) is 51.7 cm³/mol. The van der Waals surface area contributed by atoms with E-state index in [1.54, 1.807) is 18.0 Å². The summed E-state index contributed by atoms with van der Waals surface area (Å²) in [5.41, 5.74) is 0. The van der Waals surface area contributed by atoms with E-state index in [1.165, 1.54) is 0 Å². The molecule has 62 valence electrons. The number of rotatable bonds is 1. The van der Waals surface area contributed by atoms with Crippen LogP contribution in [0, 0.1) is 0 Å². The number of aromatic hydroxyl groups is 1. The molecule has 0 unspecified atom stereocenters. The summed E-state index contributed by atoms with van der Waals surface area (Å²) in [5.74, 6) is 0.251. The number of nitrogens with one attached hydrogen (secondary N) is 1. The van der Waals surface area contributed by atoms with Gasteiger partial charge in [0.15, 0.2) is 5.88 Å². The second kappa shape index (κ2) is 2.75. The first-order valence-corrected chi connectivity index (χ1v) is 4.88. The Morgan fingerprint density at radius 3 is 3.00 bits per heavy atom. The van der Waals surface area contributed by atoms with E-state index in [0.717, 1.165) is 15.7 Å². The normalized spacial score (nSPS) is 10.8. The Bertz CT molecular complexity index is 408. The van der Waals surface area contributed by atoms with Gasteiger partial charge >= 0.3 is 0 Å². The highest BCUT2D eigenvalue weighted by Gasteiger charge is 2.01. The highest BCUT2D eigenvalue weighted by molar-refractivity contribution is 7.98. The van der Waals surface area contributed by atoms with Gasteiger partial charge < -0.3 is 10.1 Å². The van der Waals surface area contributed by atoms with Gasteiger partial charge in [0.05, 0.1) is 0 Å². The SMILES string of the molecule is CSc1ccc2c[nH]c(O)c2c1. The zero-order chi connectivity index (χ0) is 8.55. The van der Waals surface area contributed by atoms with E-state index in [-0.39, 0.29) is 5.88 Å². The van der Waals surface area contributed by atoms with Crippen LogP contribution in [0.3, 0.4) is 0 Å². The van der Waals surface area contributed by atoms with Gasteiger partial charge in [0.2, 0.25) is 0 Å². The number of hydrogen-bond donors (Lipinski definition) is 2. The Hall–Kier alpha value is -1.09. The van der Waals surface area contributed by atoms with Crippen molar-refractivity contribution in [3.63, 3.8) is 0 Å². The lowest BCUT2D eigenvalue weighted by Crippen LogP contribution is -1.69. The van der Waals surface area contributed by atoms with E-state index in [2.05, 4.69) is 4.98 Å². The summed E-state index contributed by atoms with van der Waals surface area (Å²) in [6.45, 7) is 0. The third kappa shape index (κ3) is 1.06. The van der Waals surface area contributed by atoms with Crippen molar-refractivity contribution in [3.8, 4) is 5.88 Å². The first-order chi connectivity index (χ1) is 5.81. The minimum atomic E-state index is 0.251. The fourth-order valence-corrected chi connectivity index (χ4v) is 1.66. The number of aromatic amines is 1. The molecular weight excluding hydrogens is 170 g/mol. The van der Waals surface area contributed by atoms with Gasteiger partial charge in [-0.25, -0.2) is 0 Å². The van der Waals surface area contributed by atoms with E-state index in [9.17, 15) is 5.11 Å². The minimum Gasteiger partial charge on any atom is -0.494 e. The molecule has 0 atom stereocenters. The Morgan fingerprint density at radius 1 is 1.42 bits per heavy atom. The number of benzene rings is 1. The fraction of sp³-hybridized carbons (Fsp3) is 0.111. The lowest BCUT2D eigenvalue weighted by Gasteiger charge is -1.95. The molecule has 0 spiro atoms. The molecule has 3 heteroatoms. The van der Waals surface area contributed by atoms with E-state index in [1.807, 2.05) is 24.5 Å². The van der Waals surface area contributed by atoms with Gasteiger partial charge in [-0.15, -0.1) is 11.8 Å². The Labute approximate surface area is 74.6 Å². The van der Waals surface area contributed by atoms with Crippen LogP contribution in [0.4, 0.5) is 0 Å². The largest absolute Gasteiger partial charge is 0.494 e. The number of aromatic nitrogens is 1. The zero-order valence-electron chi connectivity index (χ0n) is 6.66. The van der Waals surface area contributed by atoms with Crippen molar-refractivity contribution in [2.45, 2.75) is 4.90 Å². The smallest absolute Gasteiger partial charge is 0.196 e. The fourth-order valence-electron chi connectivity index (χ4n) is 1.22. The molecule has 0 bridgehead atoms. The number of H-pyrrole nitrogens is 1. The lowest BCUT2D eigenvalue weighted by atomic mass is 10.2. The van der Waals surface area contributed by atoms with Gasteiger partial charge in [0.25, 0.3) is 0 Å². The van der Waals surface area contributed by atoms with Gasteiger partial charge in [0, 0.05) is 21.9 Å². The summed E-state index contributed by atoms with van der Waals surface area (Å²) in [6, 6.07) is 6.02. The van der Waals surface area contributed by atoms with Crippen molar-refractivity contribution >= 4 is 22.5 Å². The average molecular weight is 179 g/mol. The molecule has 0 saturated carbocycles. The Kier molecular flexibility index (Phi) is 1.73. The molecule has 0 aliphatic rings. The van der Waals surface area contributed by atoms with Crippen LogP contribution < -0.4 is 0 Å². The molecule has 1 aromatic heterocycles. The van der Waals surface area contributed by atoms with Crippen molar-refractivity contribution in [1.29, 1.82) is 0 Å². The van der Waals surface area contributed by atoms with Crippen LogP contribution in [-0.4, -0.2) is 16.3 Å². The molecule has 0 saturated heterocycles. The molecule has 2 nitrogen and oxygen atoms in total. The van der Waals surface area contributed by atoms with E-state index >= 15 is 0 Å². The Morgan fingerprint density at radius 2 is 2.25 bits per heavy atom. The van der Waals surface area contributed by atoms with Gasteiger partial charge in [-0.1, -0.05) is 6.07 Å². The minimum absolute atomic E-state index is 0.251. The number of thioether (sulfide) groups is 1. The lowest BCUT2D eigenvalue weighted by molar-refractivity contribution is 0.462. The summed E-state index contributed by atoms with van der Waals surface area (Å²) >= 11 is 1.67. The summed E-state index contributed by atoms with van der Waals surface area (Å²) in [4.78, 5) is 3.94.